The molecule has 60 heavy (non-hydrogen) atoms. The first kappa shape index (κ1) is 33.9. The first-order valence-electron chi connectivity index (χ1n) is 20.1. The van der Waals surface area contributed by atoms with Gasteiger partial charge in [0.25, 0.3) is 0 Å². The number of fused-ring (bicyclic) bond motifs is 7. The van der Waals surface area contributed by atoms with Gasteiger partial charge < -0.3 is 0 Å². The molecule has 12 aromatic rings. The number of rotatable bonds is 5. The van der Waals surface area contributed by atoms with Crippen molar-refractivity contribution in [1.82, 2.24) is 24.9 Å². The first-order chi connectivity index (χ1) is 29.7. The van der Waals surface area contributed by atoms with Gasteiger partial charge in [-0.1, -0.05) is 133 Å². The van der Waals surface area contributed by atoms with Gasteiger partial charge in [0.1, 0.15) is 0 Å². The molecule has 0 spiro atoms. The van der Waals surface area contributed by atoms with Crippen LogP contribution in [-0.4, -0.2) is 24.9 Å². The van der Waals surface area contributed by atoms with Gasteiger partial charge in [0, 0.05) is 61.6 Å². The second-order valence-electron chi connectivity index (χ2n) is 15.4. The topological polar surface area (TPSA) is 64.5 Å². The highest BCUT2D eigenvalue weighted by Gasteiger charge is 2.12. The minimum Gasteiger partial charge on any atom is -0.264 e. The highest BCUT2D eigenvalue weighted by Crippen LogP contribution is 2.34. The van der Waals surface area contributed by atoms with E-state index in [0.29, 0.717) is 0 Å². The van der Waals surface area contributed by atoms with Crippen LogP contribution in [0.4, 0.5) is 0 Å². The summed E-state index contributed by atoms with van der Waals surface area (Å²) in [5.74, 6) is 0. The molecule has 0 saturated carbocycles. The van der Waals surface area contributed by atoms with E-state index in [-0.39, 0.29) is 0 Å². The summed E-state index contributed by atoms with van der Waals surface area (Å²) in [6.45, 7) is 0. The van der Waals surface area contributed by atoms with Gasteiger partial charge in [-0.15, -0.1) is 0 Å². The highest BCUT2D eigenvalue weighted by atomic mass is 14.8. The molecule has 0 fully saturated rings. The maximum absolute atomic E-state index is 5.20. The minimum atomic E-state index is 0.910. The number of hydrogen-bond donors (Lipinski definition) is 0. The molecular formula is C55H33N5. The molecular weight excluding hydrogens is 731 g/mol. The summed E-state index contributed by atoms with van der Waals surface area (Å²) in [6, 6.07) is 66.1. The fourth-order valence-corrected chi connectivity index (χ4v) is 8.51. The van der Waals surface area contributed by atoms with Crippen LogP contribution < -0.4 is 0 Å². The lowest BCUT2D eigenvalue weighted by Gasteiger charge is -2.10. The molecule has 0 bridgehead atoms. The molecule has 0 radical (unpaired) electrons. The predicted molar refractivity (Wildman–Crippen MR) is 248 cm³/mol. The predicted octanol–water partition coefficient (Wildman–Crippen LogP) is 13.9. The van der Waals surface area contributed by atoms with Crippen molar-refractivity contribution in [3.63, 3.8) is 0 Å². The van der Waals surface area contributed by atoms with E-state index in [1.807, 2.05) is 30.6 Å². The van der Waals surface area contributed by atoms with Crippen molar-refractivity contribution < 1.29 is 0 Å². The summed E-state index contributed by atoms with van der Waals surface area (Å²) < 4.78 is 0. The Morgan fingerprint density at radius 1 is 0.283 bits per heavy atom. The second-order valence-corrected chi connectivity index (χ2v) is 15.4. The molecule has 0 saturated heterocycles. The van der Waals surface area contributed by atoms with Crippen LogP contribution in [0.15, 0.2) is 200 Å². The van der Waals surface area contributed by atoms with Crippen LogP contribution in [0.3, 0.4) is 0 Å². The Kier molecular flexibility index (Phi) is 7.78. The molecule has 5 heterocycles. The Bertz CT molecular complexity index is 3670. The lowest BCUT2D eigenvalue weighted by molar-refractivity contribution is 1.36. The molecule has 5 nitrogen and oxygen atoms in total. The number of hydrogen-bond acceptors (Lipinski definition) is 5. The standard InChI is InChI=1S/C55H33N5/c1-2-5-34(6-3-1)48-24-21-37-11-12-38-22-25-50(60-55(38)54(37)59-48)43-18-16-39-29-40(14-15-41(39)30-43)42-13-9-35-19-23-49(57-52(35)31-42)44-17-10-36-20-26-51(58-53(36)32-44)47-8-4-7-45-33-56-28-27-46(45)47/h1-33H. The maximum atomic E-state index is 5.20. The van der Waals surface area contributed by atoms with Gasteiger partial charge >= 0.3 is 0 Å². The molecule has 12 rings (SSSR count). The monoisotopic (exact) mass is 763 g/mol. The van der Waals surface area contributed by atoms with Crippen molar-refractivity contribution in [2.24, 2.45) is 0 Å². The van der Waals surface area contributed by atoms with Gasteiger partial charge in [-0.2, -0.15) is 0 Å². The van der Waals surface area contributed by atoms with Gasteiger partial charge in [0.05, 0.1) is 44.8 Å². The Morgan fingerprint density at radius 3 is 1.50 bits per heavy atom. The summed E-state index contributed by atoms with van der Waals surface area (Å²) in [5, 5.41) is 8.91. The van der Waals surface area contributed by atoms with E-state index < -0.39 is 0 Å². The lowest BCUT2D eigenvalue weighted by Crippen LogP contribution is -1.91. The van der Waals surface area contributed by atoms with Gasteiger partial charge in [-0.05, 0) is 81.9 Å². The first-order valence-corrected chi connectivity index (χ1v) is 20.1. The number of benzene rings is 7. The van der Waals surface area contributed by atoms with Gasteiger partial charge in [0.15, 0.2) is 0 Å². The van der Waals surface area contributed by atoms with Crippen LogP contribution in [0.1, 0.15) is 0 Å². The van der Waals surface area contributed by atoms with Crippen LogP contribution in [0.5, 0.6) is 0 Å². The zero-order chi connectivity index (χ0) is 39.6. The number of aromatic nitrogens is 5. The zero-order valence-corrected chi connectivity index (χ0v) is 32.3. The lowest BCUT2D eigenvalue weighted by atomic mass is 9.98. The molecule has 0 unspecified atom stereocenters. The SMILES string of the molecule is c1ccc(-c2ccc3ccc4ccc(-c5ccc6cc(-c7ccc8ccc(-c9ccc%10ccc(-c%11cccc%12cnccc%11%12)nc%10c9)nc8c7)ccc6c5)nc4c3n2)cc1. The van der Waals surface area contributed by atoms with Crippen molar-refractivity contribution >= 4 is 65.2 Å². The van der Waals surface area contributed by atoms with Gasteiger partial charge in [-0.25, -0.2) is 19.9 Å². The van der Waals surface area contributed by atoms with E-state index in [9.17, 15) is 0 Å². The molecule has 0 aliphatic carbocycles. The molecule has 0 amide bonds. The van der Waals surface area contributed by atoms with Crippen molar-refractivity contribution in [3.05, 3.63) is 200 Å². The van der Waals surface area contributed by atoms with Gasteiger partial charge in [-0.3, -0.25) is 4.98 Å². The van der Waals surface area contributed by atoms with E-state index in [4.69, 9.17) is 19.9 Å². The normalized spacial score (nSPS) is 11.7. The summed E-state index contributed by atoms with van der Waals surface area (Å²) in [6.07, 6.45) is 3.74. The van der Waals surface area contributed by atoms with E-state index in [1.165, 1.54) is 5.39 Å². The fraction of sp³-hybridized carbons (Fsp3) is 0. The molecule has 5 aromatic heterocycles. The van der Waals surface area contributed by atoms with Crippen LogP contribution in [0.2, 0.25) is 0 Å². The van der Waals surface area contributed by atoms with Gasteiger partial charge in [0.2, 0.25) is 0 Å². The number of pyridine rings is 5. The third-order valence-electron chi connectivity index (χ3n) is 11.7. The summed E-state index contributed by atoms with van der Waals surface area (Å²) in [7, 11) is 0. The molecule has 5 heteroatoms. The molecule has 0 aliphatic heterocycles. The van der Waals surface area contributed by atoms with Crippen LogP contribution >= 0.6 is 0 Å². The molecule has 0 atom stereocenters. The Hall–Kier alpha value is -8.15. The Labute approximate surface area is 345 Å². The fourth-order valence-electron chi connectivity index (χ4n) is 8.51. The summed E-state index contributed by atoms with van der Waals surface area (Å²) in [5.41, 5.74) is 14.0. The van der Waals surface area contributed by atoms with Crippen molar-refractivity contribution in [3.8, 4) is 56.2 Å². The van der Waals surface area contributed by atoms with E-state index in [2.05, 4.69) is 175 Å². The zero-order valence-electron chi connectivity index (χ0n) is 32.3. The Balaban J connectivity index is 0.859. The molecule has 0 N–H and O–H groups in total. The maximum Gasteiger partial charge on any atom is 0.0972 e. The highest BCUT2D eigenvalue weighted by molar-refractivity contribution is 6.04. The quantitative estimate of drug-likeness (QED) is 0.163. The van der Waals surface area contributed by atoms with Crippen molar-refractivity contribution in [2.75, 3.05) is 0 Å². The smallest absolute Gasteiger partial charge is 0.0972 e. The van der Waals surface area contributed by atoms with Crippen LogP contribution in [0, 0.1) is 0 Å². The van der Waals surface area contributed by atoms with Crippen molar-refractivity contribution in [2.45, 2.75) is 0 Å². The average molecular weight is 764 g/mol. The molecule has 0 aliphatic rings. The van der Waals surface area contributed by atoms with Crippen LogP contribution in [0.25, 0.3) is 121 Å². The van der Waals surface area contributed by atoms with E-state index in [1.54, 1.807) is 0 Å². The third-order valence-corrected chi connectivity index (χ3v) is 11.7. The second kappa shape index (κ2) is 13.8. The number of nitrogens with zero attached hydrogens (tertiary/aromatic N) is 5. The Morgan fingerprint density at radius 2 is 0.783 bits per heavy atom. The summed E-state index contributed by atoms with van der Waals surface area (Å²) >= 11 is 0. The van der Waals surface area contributed by atoms with Crippen LogP contribution in [-0.2, 0) is 0 Å². The largest absolute Gasteiger partial charge is 0.264 e. The minimum absolute atomic E-state index is 0.910. The van der Waals surface area contributed by atoms with E-state index in [0.717, 1.165) is 116 Å². The average Bonchev–Trinajstić information content (AvgIpc) is 3.32. The third kappa shape index (κ3) is 5.91. The molecule has 278 valence electrons. The molecule has 7 aromatic carbocycles. The summed E-state index contributed by atoms with van der Waals surface area (Å²) in [4.78, 5) is 24.9. The van der Waals surface area contributed by atoms with E-state index >= 15 is 0 Å². The van der Waals surface area contributed by atoms with Crippen molar-refractivity contribution in [1.29, 1.82) is 0 Å².